The molecule has 8 N–H and O–H groups in total. The van der Waals surface area contributed by atoms with Crippen LogP contribution in [0.15, 0.2) is 0 Å². The Bertz CT molecular complexity index is 998. The first-order valence-electron chi connectivity index (χ1n) is 16.4. The standard InChI is InChI=1S/C27H50F2N4O5.C5H9NO3/c1-10-13-19(31-23(35)18(9)17(8)11-2)24(36)32-20(14-15(4)5)22(34)27(28,29)26(38)33-21(16(6)7)25(37)30-12-3;6-4(7)2-1-3-5(8)9/h15-22,34H,10-14H2,1-9H3,(H,30,37)(H,31,35)(H,32,36)(H,33,38);1-3H2,(H2,6,7)(H,8,9)/t17-,18-,19-,20-,21-,22+;/m0./s1. The number of primary amides is 1. The SMILES string of the molecule is CCC[C@H](NC(=O)[C@@H](C)[C@@H](C)CC)C(=O)N[C@@H](CC(C)C)[C@@H](O)C(F)(F)C(=O)N[C@H](C(=O)NCC)C(C)C.NC(=O)CCCC(=O)O. The van der Waals surface area contributed by atoms with E-state index in [4.69, 9.17) is 10.8 Å². The van der Waals surface area contributed by atoms with E-state index in [-0.39, 0.29) is 55.9 Å². The van der Waals surface area contributed by atoms with Crippen LogP contribution < -0.4 is 27.0 Å². The highest BCUT2D eigenvalue weighted by atomic mass is 19.3. The van der Waals surface area contributed by atoms with Gasteiger partial charge in [0.2, 0.25) is 23.6 Å². The van der Waals surface area contributed by atoms with Gasteiger partial charge < -0.3 is 37.2 Å². The van der Waals surface area contributed by atoms with Crippen LogP contribution in [0, 0.1) is 23.7 Å². The zero-order valence-electron chi connectivity index (χ0n) is 29.5. The first-order valence-corrected chi connectivity index (χ1v) is 16.4. The number of carboxylic acid groups (broad SMARTS) is 1. The molecule has 274 valence electrons. The predicted molar refractivity (Wildman–Crippen MR) is 174 cm³/mol. The summed E-state index contributed by atoms with van der Waals surface area (Å²) in [5.74, 6) is -10.1. The zero-order chi connectivity index (χ0) is 37.1. The predicted octanol–water partition coefficient (Wildman–Crippen LogP) is 2.48. The van der Waals surface area contributed by atoms with Gasteiger partial charge >= 0.3 is 11.9 Å². The second-order valence-electron chi connectivity index (χ2n) is 12.6. The van der Waals surface area contributed by atoms with Crippen LogP contribution in [0.1, 0.15) is 107 Å². The fourth-order valence-electron chi connectivity index (χ4n) is 4.39. The minimum absolute atomic E-state index is 0.0168. The molecule has 0 aliphatic carbocycles. The molecular formula is C32H59F2N5O8. The number of alkyl halides is 2. The molecule has 0 bridgehead atoms. The summed E-state index contributed by atoms with van der Waals surface area (Å²) in [6, 6.07) is -3.69. The van der Waals surface area contributed by atoms with Gasteiger partial charge in [-0.1, -0.05) is 68.2 Å². The third kappa shape index (κ3) is 17.9. The third-order valence-corrected chi connectivity index (χ3v) is 7.63. The first-order chi connectivity index (χ1) is 21.7. The number of likely N-dealkylation sites (N-methyl/N-ethyl adjacent to an activating group) is 1. The number of halogens is 2. The number of aliphatic hydroxyl groups is 1. The Morgan fingerprint density at radius 1 is 0.830 bits per heavy atom. The maximum atomic E-state index is 15.2. The molecule has 0 aliphatic heterocycles. The Balaban J connectivity index is 0. The van der Waals surface area contributed by atoms with Crippen LogP contribution in [0.25, 0.3) is 0 Å². The molecule has 47 heavy (non-hydrogen) atoms. The largest absolute Gasteiger partial charge is 0.481 e. The number of aliphatic carboxylic acids is 1. The lowest BCUT2D eigenvalue weighted by Gasteiger charge is -2.33. The third-order valence-electron chi connectivity index (χ3n) is 7.63. The highest BCUT2D eigenvalue weighted by Crippen LogP contribution is 2.26. The number of carbonyl (C=O) groups is 6. The normalized spacial score (nSPS) is 15.2. The summed E-state index contributed by atoms with van der Waals surface area (Å²) in [5.41, 5.74) is 4.75. The summed E-state index contributed by atoms with van der Waals surface area (Å²) < 4.78 is 30.4. The summed E-state index contributed by atoms with van der Waals surface area (Å²) in [4.78, 5) is 70.5. The molecule has 15 heteroatoms. The first kappa shape index (κ1) is 45.8. The molecule has 0 fully saturated rings. The van der Waals surface area contributed by atoms with Gasteiger partial charge in [-0.15, -0.1) is 0 Å². The summed E-state index contributed by atoms with van der Waals surface area (Å²) in [6.07, 6.45) is -0.503. The summed E-state index contributed by atoms with van der Waals surface area (Å²) >= 11 is 0. The second-order valence-corrected chi connectivity index (χ2v) is 12.6. The zero-order valence-corrected chi connectivity index (χ0v) is 29.5. The van der Waals surface area contributed by atoms with Crippen molar-refractivity contribution >= 4 is 35.5 Å². The van der Waals surface area contributed by atoms with Gasteiger partial charge in [0.25, 0.3) is 5.91 Å². The number of carbonyl (C=O) groups excluding carboxylic acids is 5. The fourth-order valence-corrected chi connectivity index (χ4v) is 4.39. The maximum Gasteiger partial charge on any atom is 0.351 e. The molecule has 0 aromatic rings. The molecule has 6 atom stereocenters. The minimum atomic E-state index is -4.30. The van der Waals surface area contributed by atoms with E-state index in [9.17, 15) is 33.9 Å². The number of rotatable bonds is 21. The van der Waals surface area contributed by atoms with Crippen LogP contribution in [0.5, 0.6) is 0 Å². The molecule has 0 aromatic heterocycles. The molecule has 13 nitrogen and oxygen atoms in total. The van der Waals surface area contributed by atoms with Crippen molar-refractivity contribution in [2.45, 2.75) is 137 Å². The van der Waals surface area contributed by atoms with Crippen molar-refractivity contribution in [2.75, 3.05) is 6.54 Å². The van der Waals surface area contributed by atoms with Gasteiger partial charge in [-0.3, -0.25) is 28.8 Å². The number of carboxylic acids is 1. The monoisotopic (exact) mass is 679 g/mol. The van der Waals surface area contributed by atoms with Crippen molar-refractivity contribution in [1.82, 2.24) is 21.3 Å². The molecule has 0 aromatic carbocycles. The van der Waals surface area contributed by atoms with Crippen LogP contribution in [0.4, 0.5) is 8.78 Å². The lowest BCUT2D eigenvalue weighted by Crippen LogP contribution is -2.62. The van der Waals surface area contributed by atoms with Crippen molar-refractivity contribution in [2.24, 2.45) is 29.4 Å². The summed E-state index contributed by atoms with van der Waals surface area (Å²) in [7, 11) is 0. The van der Waals surface area contributed by atoms with E-state index < -0.39 is 65.7 Å². The van der Waals surface area contributed by atoms with Crippen molar-refractivity contribution in [3.8, 4) is 0 Å². The van der Waals surface area contributed by atoms with Gasteiger partial charge in [-0.25, -0.2) is 0 Å². The average Bonchev–Trinajstić information content (AvgIpc) is 2.97. The van der Waals surface area contributed by atoms with Gasteiger partial charge in [-0.2, -0.15) is 8.78 Å². The Morgan fingerprint density at radius 2 is 1.40 bits per heavy atom. The molecule has 0 rings (SSSR count). The maximum absolute atomic E-state index is 15.2. The molecule has 0 saturated heterocycles. The number of hydrogen-bond donors (Lipinski definition) is 7. The number of amides is 5. The quantitative estimate of drug-likeness (QED) is 0.0954. The van der Waals surface area contributed by atoms with Gasteiger partial charge in [-0.05, 0) is 43.9 Å². The number of nitrogens with one attached hydrogen (secondary N) is 4. The van der Waals surface area contributed by atoms with Crippen LogP contribution >= 0.6 is 0 Å². The van der Waals surface area contributed by atoms with Gasteiger partial charge in [0, 0.05) is 25.3 Å². The number of hydrogen-bond acceptors (Lipinski definition) is 7. The smallest absolute Gasteiger partial charge is 0.351 e. The second kappa shape index (κ2) is 23.0. The topological polar surface area (TPSA) is 217 Å². The van der Waals surface area contributed by atoms with E-state index >= 15 is 8.78 Å². The summed E-state index contributed by atoms with van der Waals surface area (Å²) in [5, 5.41) is 28.5. The molecular weight excluding hydrogens is 620 g/mol. The van der Waals surface area contributed by atoms with Crippen molar-refractivity contribution in [3.63, 3.8) is 0 Å². The van der Waals surface area contributed by atoms with Crippen molar-refractivity contribution < 1.29 is 47.8 Å². The Hall–Kier alpha value is -3.36. The lowest BCUT2D eigenvalue weighted by atomic mass is 9.92. The van der Waals surface area contributed by atoms with E-state index in [0.717, 1.165) is 6.42 Å². The Labute approximate surface area is 277 Å². The average molecular weight is 680 g/mol. The minimum Gasteiger partial charge on any atom is -0.481 e. The highest BCUT2D eigenvalue weighted by Gasteiger charge is 2.51. The van der Waals surface area contributed by atoms with E-state index in [0.29, 0.717) is 12.8 Å². The van der Waals surface area contributed by atoms with Crippen molar-refractivity contribution in [3.05, 3.63) is 0 Å². The van der Waals surface area contributed by atoms with Crippen molar-refractivity contribution in [1.29, 1.82) is 0 Å². The Morgan fingerprint density at radius 3 is 1.83 bits per heavy atom. The molecule has 5 amide bonds. The lowest BCUT2D eigenvalue weighted by molar-refractivity contribution is -0.170. The number of nitrogens with two attached hydrogens (primary N) is 1. The van der Waals surface area contributed by atoms with E-state index in [2.05, 4.69) is 21.3 Å². The molecule has 0 heterocycles. The van der Waals surface area contributed by atoms with E-state index in [1.54, 1.807) is 41.5 Å². The van der Waals surface area contributed by atoms with Gasteiger partial charge in [0.05, 0.1) is 6.04 Å². The molecule has 0 saturated carbocycles. The van der Waals surface area contributed by atoms with E-state index in [1.807, 2.05) is 20.8 Å². The summed E-state index contributed by atoms with van der Waals surface area (Å²) in [6.45, 7) is 16.0. The molecule has 0 aliphatic rings. The molecule has 0 unspecified atom stereocenters. The van der Waals surface area contributed by atoms with E-state index in [1.165, 1.54) is 0 Å². The van der Waals surface area contributed by atoms with Gasteiger partial charge in [0.15, 0.2) is 0 Å². The Kier molecular flexibility index (Phi) is 22.4. The number of aliphatic hydroxyl groups excluding tert-OH is 1. The van der Waals surface area contributed by atoms with Crippen LogP contribution in [0.2, 0.25) is 0 Å². The molecule has 0 spiro atoms. The van der Waals surface area contributed by atoms with Crippen LogP contribution in [-0.4, -0.2) is 82.4 Å². The van der Waals surface area contributed by atoms with Crippen LogP contribution in [0.3, 0.4) is 0 Å². The molecule has 0 radical (unpaired) electrons. The van der Waals surface area contributed by atoms with Gasteiger partial charge in [0.1, 0.15) is 18.2 Å². The fraction of sp³-hybridized carbons (Fsp3) is 0.812. The highest BCUT2D eigenvalue weighted by molar-refractivity contribution is 5.91. The van der Waals surface area contributed by atoms with Crippen LogP contribution in [-0.2, 0) is 28.8 Å².